The van der Waals surface area contributed by atoms with Gasteiger partial charge in [-0.05, 0) is 30.3 Å². The molecule has 1 N–H and O–H groups in total. The number of nitrogens with one attached hydrogen (secondary N) is 1. The maximum absolute atomic E-state index is 13.1. The van der Waals surface area contributed by atoms with Crippen LogP contribution in [-0.4, -0.2) is 19.5 Å². The zero-order chi connectivity index (χ0) is 17.2. The van der Waals surface area contributed by atoms with Crippen LogP contribution in [0.3, 0.4) is 0 Å². The van der Waals surface area contributed by atoms with Gasteiger partial charge in [0.15, 0.2) is 0 Å². The van der Waals surface area contributed by atoms with Gasteiger partial charge in [0.1, 0.15) is 6.33 Å². The predicted molar refractivity (Wildman–Crippen MR) is 97.7 cm³/mol. The van der Waals surface area contributed by atoms with Crippen LogP contribution < -0.4 is 10.9 Å². The summed E-state index contributed by atoms with van der Waals surface area (Å²) in [7, 11) is 0. The normalized spacial score (nSPS) is 10.8. The van der Waals surface area contributed by atoms with Crippen LogP contribution in [0.2, 0.25) is 5.02 Å². The lowest BCUT2D eigenvalue weighted by molar-refractivity contribution is 0.972. The molecule has 0 spiro atoms. The van der Waals surface area contributed by atoms with Gasteiger partial charge in [-0.15, -0.1) is 0 Å². The summed E-state index contributed by atoms with van der Waals surface area (Å²) in [6.07, 6.45) is 4.66. The monoisotopic (exact) mass is 349 g/mol. The molecule has 0 unspecified atom stereocenters. The Bertz CT molecular complexity index is 1100. The van der Waals surface area contributed by atoms with Crippen LogP contribution in [0.15, 0.2) is 72.0 Å². The van der Waals surface area contributed by atoms with Crippen molar-refractivity contribution in [3.63, 3.8) is 0 Å². The molecule has 0 bridgehead atoms. The third-order valence-corrected chi connectivity index (χ3v) is 3.90. The quantitative estimate of drug-likeness (QED) is 0.612. The second-order valence-electron chi connectivity index (χ2n) is 5.33. The molecule has 4 rings (SSSR count). The summed E-state index contributed by atoms with van der Waals surface area (Å²) in [5, 5.41) is 4.05. The summed E-state index contributed by atoms with van der Waals surface area (Å²) in [4.78, 5) is 25.6. The maximum Gasteiger partial charge on any atom is 0.267 e. The molecular weight excluding hydrogens is 338 g/mol. The van der Waals surface area contributed by atoms with Crippen molar-refractivity contribution in [1.82, 2.24) is 19.5 Å². The molecule has 0 aliphatic heterocycles. The summed E-state index contributed by atoms with van der Waals surface area (Å²) in [5.74, 6) is 0.376. The van der Waals surface area contributed by atoms with E-state index in [2.05, 4.69) is 20.3 Å². The van der Waals surface area contributed by atoms with Crippen molar-refractivity contribution >= 4 is 34.1 Å². The highest BCUT2D eigenvalue weighted by Gasteiger charge is 2.13. The number of aromatic nitrogens is 4. The topological polar surface area (TPSA) is 72.7 Å². The average Bonchev–Trinajstić information content (AvgIpc) is 2.64. The van der Waals surface area contributed by atoms with Crippen LogP contribution in [0, 0.1) is 0 Å². The van der Waals surface area contributed by atoms with Crippen molar-refractivity contribution in [3.05, 3.63) is 82.6 Å². The smallest absolute Gasteiger partial charge is 0.267 e. The fourth-order valence-corrected chi connectivity index (χ4v) is 2.72. The lowest BCUT2D eigenvalue weighted by Gasteiger charge is -2.14. The first-order valence-electron chi connectivity index (χ1n) is 7.52. The molecular formula is C18H12ClN5O. The van der Waals surface area contributed by atoms with E-state index in [0.717, 1.165) is 0 Å². The van der Waals surface area contributed by atoms with E-state index in [4.69, 9.17) is 11.6 Å². The molecule has 0 fully saturated rings. The molecule has 25 heavy (non-hydrogen) atoms. The summed E-state index contributed by atoms with van der Waals surface area (Å²) in [6, 6.07) is 14.3. The van der Waals surface area contributed by atoms with Gasteiger partial charge in [-0.2, -0.15) is 0 Å². The van der Waals surface area contributed by atoms with Gasteiger partial charge in [0.25, 0.3) is 5.56 Å². The molecule has 0 aliphatic rings. The molecule has 0 saturated heterocycles. The molecule has 0 radical (unpaired) electrons. The van der Waals surface area contributed by atoms with Gasteiger partial charge >= 0.3 is 0 Å². The average molecular weight is 350 g/mol. The zero-order valence-electron chi connectivity index (χ0n) is 12.9. The van der Waals surface area contributed by atoms with E-state index in [1.807, 2.05) is 30.3 Å². The summed E-state index contributed by atoms with van der Waals surface area (Å²) < 4.78 is 1.51. The number of para-hydroxylation sites is 1. The molecule has 2 aromatic carbocycles. The van der Waals surface area contributed by atoms with Crippen LogP contribution >= 0.6 is 11.6 Å². The predicted octanol–water partition coefficient (Wildman–Crippen LogP) is 3.57. The fourth-order valence-electron chi connectivity index (χ4n) is 2.55. The number of fused-ring (bicyclic) bond motifs is 1. The van der Waals surface area contributed by atoms with Crippen LogP contribution in [0.1, 0.15) is 0 Å². The van der Waals surface area contributed by atoms with Gasteiger partial charge in [-0.3, -0.25) is 4.79 Å². The van der Waals surface area contributed by atoms with Gasteiger partial charge in [-0.25, -0.2) is 19.5 Å². The third-order valence-electron chi connectivity index (χ3n) is 3.66. The molecule has 0 saturated carbocycles. The molecule has 0 amide bonds. The van der Waals surface area contributed by atoms with E-state index in [1.165, 1.54) is 10.9 Å². The molecule has 2 heterocycles. The van der Waals surface area contributed by atoms with Gasteiger partial charge in [0, 0.05) is 5.02 Å². The Hall–Kier alpha value is -3.25. The molecule has 2 aromatic heterocycles. The van der Waals surface area contributed by atoms with Gasteiger partial charge in [-0.1, -0.05) is 29.8 Å². The standard InChI is InChI=1S/C18H12ClN5O/c19-12-6-7-16-15(8-12)17(25)24(14-4-2-1-3-5-14)18(23-16)22-13-9-20-11-21-10-13/h1-11H,(H,22,23). The Morgan fingerprint density at radius 2 is 1.76 bits per heavy atom. The number of benzene rings is 2. The zero-order valence-corrected chi connectivity index (χ0v) is 13.7. The van der Waals surface area contributed by atoms with Crippen molar-refractivity contribution < 1.29 is 0 Å². The van der Waals surface area contributed by atoms with Crippen LogP contribution in [0.25, 0.3) is 16.6 Å². The van der Waals surface area contributed by atoms with E-state index in [1.54, 1.807) is 30.6 Å². The molecule has 0 atom stereocenters. The van der Waals surface area contributed by atoms with Gasteiger partial charge < -0.3 is 5.32 Å². The Morgan fingerprint density at radius 3 is 2.52 bits per heavy atom. The maximum atomic E-state index is 13.1. The van der Waals surface area contributed by atoms with E-state index in [0.29, 0.717) is 33.2 Å². The minimum atomic E-state index is -0.210. The SMILES string of the molecule is O=c1c2cc(Cl)ccc2nc(Nc2cncnc2)n1-c1ccccc1. The number of hydrogen-bond acceptors (Lipinski definition) is 5. The molecule has 122 valence electrons. The Morgan fingerprint density at radius 1 is 1.00 bits per heavy atom. The van der Waals surface area contributed by atoms with Crippen molar-refractivity contribution in [3.8, 4) is 5.69 Å². The number of anilines is 2. The van der Waals surface area contributed by atoms with Crippen molar-refractivity contribution in [2.45, 2.75) is 0 Å². The highest BCUT2D eigenvalue weighted by Crippen LogP contribution is 2.21. The van der Waals surface area contributed by atoms with Crippen LogP contribution in [0.5, 0.6) is 0 Å². The highest BCUT2D eigenvalue weighted by atomic mass is 35.5. The first-order valence-corrected chi connectivity index (χ1v) is 7.90. The largest absolute Gasteiger partial charge is 0.323 e. The number of nitrogens with zero attached hydrogens (tertiary/aromatic N) is 4. The van der Waals surface area contributed by atoms with E-state index in [9.17, 15) is 4.79 Å². The second kappa shape index (κ2) is 6.33. The van der Waals surface area contributed by atoms with Crippen molar-refractivity contribution in [1.29, 1.82) is 0 Å². The van der Waals surface area contributed by atoms with Crippen LogP contribution in [-0.2, 0) is 0 Å². The van der Waals surface area contributed by atoms with Gasteiger partial charge in [0.2, 0.25) is 5.95 Å². The summed E-state index contributed by atoms with van der Waals surface area (Å²) in [6.45, 7) is 0. The Kier molecular flexibility index (Phi) is 3.87. The Balaban J connectivity index is 1.99. The molecule has 7 heteroatoms. The number of halogens is 1. The van der Waals surface area contributed by atoms with Crippen molar-refractivity contribution in [2.24, 2.45) is 0 Å². The number of rotatable bonds is 3. The Labute approximate surface area is 147 Å². The van der Waals surface area contributed by atoms with Gasteiger partial charge in [0.05, 0.1) is 34.7 Å². The van der Waals surface area contributed by atoms with Crippen LogP contribution in [0.4, 0.5) is 11.6 Å². The fraction of sp³-hybridized carbons (Fsp3) is 0. The second-order valence-corrected chi connectivity index (χ2v) is 5.76. The lowest BCUT2D eigenvalue weighted by Crippen LogP contribution is -2.22. The lowest BCUT2D eigenvalue weighted by atomic mass is 10.2. The molecule has 4 aromatic rings. The minimum Gasteiger partial charge on any atom is -0.323 e. The van der Waals surface area contributed by atoms with Crippen molar-refractivity contribution in [2.75, 3.05) is 5.32 Å². The molecule has 0 aliphatic carbocycles. The first kappa shape index (κ1) is 15.3. The first-order chi connectivity index (χ1) is 12.2. The molecule has 6 nitrogen and oxygen atoms in total. The number of hydrogen-bond donors (Lipinski definition) is 1. The third kappa shape index (κ3) is 2.95. The van der Waals surface area contributed by atoms with E-state index in [-0.39, 0.29) is 5.56 Å². The van der Waals surface area contributed by atoms with E-state index < -0.39 is 0 Å². The summed E-state index contributed by atoms with van der Waals surface area (Å²) in [5.41, 5.74) is 1.67. The summed E-state index contributed by atoms with van der Waals surface area (Å²) >= 11 is 6.05. The van der Waals surface area contributed by atoms with E-state index >= 15 is 0 Å². The minimum absolute atomic E-state index is 0.210. The highest BCUT2D eigenvalue weighted by molar-refractivity contribution is 6.31.